The summed E-state index contributed by atoms with van der Waals surface area (Å²) < 4.78 is 10.7. The minimum atomic E-state index is 0. The Bertz CT molecular complexity index is 723. The first-order valence-electron chi connectivity index (χ1n) is 9.36. The Morgan fingerprint density at radius 2 is 2.32 bits per heavy atom. The van der Waals surface area contributed by atoms with E-state index in [0.717, 1.165) is 38.7 Å². The maximum atomic E-state index is 5.71. The third-order valence-electron chi connectivity index (χ3n) is 4.34. The summed E-state index contributed by atoms with van der Waals surface area (Å²) >= 11 is 1.79. The molecule has 1 aliphatic heterocycles. The predicted molar refractivity (Wildman–Crippen MR) is 121 cm³/mol. The molecular formula is C18H29IN6O2S. The first kappa shape index (κ1) is 23.0. The molecule has 2 atom stereocenters. The van der Waals surface area contributed by atoms with Gasteiger partial charge >= 0.3 is 0 Å². The highest BCUT2D eigenvalue weighted by Crippen LogP contribution is 2.26. The fourth-order valence-corrected chi connectivity index (χ4v) is 3.97. The zero-order valence-electron chi connectivity index (χ0n) is 16.6. The van der Waals surface area contributed by atoms with Crippen LogP contribution in [0.2, 0.25) is 0 Å². The number of nitrogens with one attached hydrogen (secondary N) is 2. The second-order valence-electron chi connectivity index (χ2n) is 6.51. The minimum absolute atomic E-state index is 0. The van der Waals surface area contributed by atoms with Gasteiger partial charge in [0.15, 0.2) is 11.8 Å². The normalized spacial score (nSPS) is 19.1. The van der Waals surface area contributed by atoms with Gasteiger partial charge in [-0.3, -0.25) is 4.90 Å². The summed E-state index contributed by atoms with van der Waals surface area (Å²) in [6.45, 7) is 10.5. The van der Waals surface area contributed by atoms with Gasteiger partial charge in [-0.05, 0) is 25.3 Å². The third kappa shape index (κ3) is 6.68. The highest BCUT2D eigenvalue weighted by Gasteiger charge is 2.26. The van der Waals surface area contributed by atoms with Crippen LogP contribution in [-0.2, 0) is 11.3 Å². The Balaban J connectivity index is 0.00000280. The van der Waals surface area contributed by atoms with E-state index in [2.05, 4.69) is 62.0 Å². The predicted octanol–water partition coefficient (Wildman–Crippen LogP) is 2.57. The van der Waals surface area contributed by atoms with Gasteiger partial charge in [-0.1, -0.05) is 11.2 Å². The average molecular weight is 520 g/mol. The van der Waals surface area contributed by atoms with Gasteiger partial charge in [0.05, 0.1) is 18.8 Å². The van der Waals surface area contributed by atoms with E-state index in [-0.39, 0.29) is 36.1 Å². The molecule has 0 spiro atoms. The van der Waals surface area contributed by atoms with Crippen molar-refractivity contribution < 1.29 is 9.26 Å². The summed E-state index contributed by atoms with van der Waals surface area (Å²) in [5.41, 5.74) is 0. The molecule has 0 aromatic carbocycles. The van der Waals surface area contributed by atoms with Crippen LogP contribution in [0.5, 0.6) is 0 Å². The van der Waals surface area contributed by atoms with E-state index >= 15 is 0 Å². The zero-order chi connectivity index (χ0) is 19.1. The minimum Gasteiger partial charge on any atom is -0.376 e. The lowest BCUT2D eigenvalue weighted by atomic mass is 10.1. The van der Waals surface area contributed by atoms with Crippen LogP contribution in [0.25, 0.3) is 0 Å². The molecule has 3 heterocycles. The average Bonchev–Trinajstić information content (AvgIpc) is 3.32. The molecular weight excluding hydrogens is 491 g/mol. The standard InChI is InChI=1S/C18H28N6O2S.HI/c1-4-19-18(21-11-17-22-14(3)26-23-17)20-10-15(16-6-5-9-27-16)24-7-8-25-13(2)12-24;/h5-6,9,13,15H,4,7-8,10-12H2,1-3H3,(H2,19,20,21);1H. The fraction of sp³-hybridized carbons (Fsp3) is 0.611. The maximum absolute atomic E-state index is 5.71. The molecule has 2 aromatic heterocycles. The summed E-state index contributed by atoms with van der Waals surface area (Å²) in [4.78, 5) is 12.6. The van der Waals surface area contributed by atoms with Gasteiger partial charge in [0.2, 0.25) is 5.89 Å². The van der Waals surface area contributed by atoms with Crippen LogP contribution < -0.4 is 10.6 Å². The highest BCUT2D eigenvalue weighted by atomic mass is 127. The summed E-state index contributed by atoms with van der Waals surface area (Å²) in [5, 5.41) is 12.8. The van der Waals surface area contributed by atoms with Crippen molar-refractivity contribution in [1.29, 1.82) is 0 Å². The second kappa shape index (κ2) is 11.7. The Morgan fingerprint density at radius 1 is 1.46 bits per heavy atom. The van der Waals surface area contributed by atoms with E-state index < -0.39 is 0 Å². The van der Waals surface area contributed by atoms with E-state index in [4.69, 9.17) is 9.26 Å². The first-order chi connectivity index (χ1) is 13.2. The largest absolute Gasteiger partial charge is 0.376 e. The molecule has 1 fully saturated rings. The van der Waals surface area contributed by atoms with Crippen molar-refractivity contribution >= 4 is 41.3 Å². The molecule has 0 amide bonds. The van der Waals surface area contributed by atoms with Crippen molar-refractivity contribution in [3.63, 3.8) is 0 Å². The summed E-state index contributed by atoms with van der Waals surface area (Å²) in [5.74, 6) is 1.89. The topological polar surface area (TPSA) is 87.8 Å². The van der Waals surface area contributed by atoms with Crippen LogP contribution in [0.3, 0.4) is 0 Å². The Hall–Kier alpha value is -1.24. The number of halogens is 1. The van der Waals surface area contributed by atoms with E-state index in [1.54, 1.807) is 18.3 Å². The molecule has 2 N–H and O–H groups in total. The lowest BCUT2D eigenvalue weighted by molar-refractivity contribution is -0.0334. The molecule has 0 aliphatic carbocycles. The molecule has 10 heteroatoms. The zero-order valence-corrected chi connectivity index (χ0v) is 19.7. The number of hydrogen-bond acceptors (Lipinski definition) is 7. The molecule has 28 heavy (non-hydrogen) atoms. The molecule has 156 valence electrons. The Morgan fingerprint density at radius 3 is 2.96 bits per heavy atom. The van der Waals surface area contributed by atoms with Crippen molar-refractivity contribution in [1.82, 2.24) is 25.7 Å². The van der Waals surface area contributed by atoms with Crippen LogP contribution in [-0.4, -0.2) is 59.9 Å². The second-order valence-corrected chi connectivity index (χ2v) is 7.49. The lowest BCUT2D eigenvalue weighted by Gasteiger charge is -2.37. The van der Waals surface area contributed by atoms with Gasteiger partial charge in [-0.2, -0.15) is 4.98 Å². The van der Waals surface area contributed by atoms with Crippen LogP contribution in [0.1, 0.15) is 36.5 Å². The summed E-state index contributed by atoms with van der Waals surface area (Å²) in [7, 11) is 0. The van der Waals surface area contributed by atoms with Gasteiger partial charge in [0, 0.05) is 38.0 Å². The van der Waals surface area contributed by atoms with Gasteiger partial charge < -0.3 is 19.9 Å². The number of ether oxygens (including phenoxy) is 1. The quantitative estimate of drug-likeness (QED) is 0.330. The first-order valence-corrected chi connectivity index (χ1v) is 10.2. The summed E-state index contributed by atoms with van der Waals surface area (Å²) in [6.07, 6.45) is 0.254. The van der Waals surface area contributed by atoms with Crippen molar-refractivity contribution in [3.05, 3.63) is 34.1 Å². The lowest BCUT2D eigenvalue weighted by Crippen LogP contribution is -2.48. The molecule has 0 saturated carbocycles. The van der Waals surface area contributed by atoms with Crippen molar-refractivity contribution in [2.75, 3.05) is 32.8 Å². The SMILES string of the molecule is CCNC(=NCc1noc(C)n1)NCC(c1cccs1)N1CCOC(C)C1.I. The third-order valence-corrected chi connectivity index (χ3v) is 5.31. The molecule has 0 radical (unpaired) electrons. The van der Waals surface area contributed by atoms with Crippen LogP contribution >= 0.6 is 35.3 Å². The number of aliphatic imine (C=N–C) groups is 1. The van der Waals surface area contributed by atoms with E-state index in [0.29, 0.717) is 18.3 Å². The van der Waals surface area contributed by atoms with E-state index in [9.17, 15) is 0 Å². The molecule has 1 aliphatic rings. The molecule has 8 nitrogen and oxygen atoms in total. The molecule has 0 bridgehead atoms. The molecule has 1 saturated heterocycles. The number of morpholine rings is 1. The van der Waals surface area contributed by atoms with Gasteiger partial charge in [0.1, 0.15) is 6.54 Å². The van der Waals surface area contributed by atoms with Crippen molar-refractivity contribution in [3.8, 4) is 0 Å². The summed E-state index contributed by atoms with van der Waals surface area (Å²) in [6, 6.07) is 4.59. The smallest absolute Gasteiger partial charge is 0.223 e. The van der Waals surface area contributed by atoms with E-state index in [1.165, 1.54) is 4.88 Å². The number of hydrogen-bond donors (Lipinski definition) is 2. The number of rotatable bonds is 7. The number of guanidine groups is 1. The van der Waals surface area contributed by atoms with Gasteiger partial charge in [0.25, 0.3) is 0 Å². The van der Waals surface area contributed by atoms with Crippen molar-refractivity contribution in [2.24, 2.45) is 4.99 Å². The number of aryl methyl sites for hydroxylation is 1. The monoisotopic (exact) mass is 520 g/mol. The maximum Gasteiger partial charge on any atom is 0.223 e. The molecule has 2 aromatic rings. The van der Waals surface area contributed by atoms with E-state index in [1.807, 2.05) is 0 Å². The number of nitrogens with zero attached hydrogens (tertiary/aromatic N) is 4. The van der Waals surface area contributed by atoms with Gasteiger partial charge in [-0.15, -0.1) is 35.3 Å². The Labute approximate surface area is 187 Å². The number of thiophene rings is 1. The number of aromatic nitrogens is 2. The molecule has 3 rings (SSSR count). The van der Waals surface area contributed by atoms with Crippen molar-refractivity contribution in [2.45, 2.75) is 39.5 Å². The van der Waals surface area contributed by atoms with Crippen LogP contribution in [0, 0.1) is 6.92 Å². The highest BCUT2D eigenvalue weighted by molar-refractivity contribution is 14.0. The van der Waals surface area contributed by atoms with Crippen LogP contribution in [0.15, 0.2) is 27.0 Å². The Kier molecular flexibility index (Phi) is 9.62. The molecule has 2 unspecified atom stereocenters. The van der Waals surface area contributed by atoms with Crippen LogP contribution in [0.4, 0.5) is 0 Å². The fourth-order valence-electron chi connectivity index (χ4n) is 3.11. The van der Waals surface area contributed by atoms with Gasteiger partial charge in [-0.25, -0.2) is 4.99 Å².